The standard InChI is InChI=1S/C23H34N4O2S.HI/c1-3-24-23(27-13-11-26(12-14-27)17-22-10-7-15-30-22)25-16-21(28)18-29-19(2)20-8-5-4-6-9-20;/h4-10,15,19,21,28H,3,11-14,16-18H2,1-2H3,(H,24,25);1H. The Morgan fingerprint density at radius 1 is 1.16 bits per heavy atom. The summed E-state index contributed by atoms with van der Waals surface area (Å²) in [7, 11) is 0. The summed E-state index contributed by atoms with van der Waals surface area (Å²) in [5.74, 6) is 0.878. The molecule has 2 heterocycles. The summed E-state index contributed by atoms with van der Waals surface area (Å²) in [4.78, 5) is 10.9. The van der Waals surface area contributed by atoms with Crippen molar-refractivity contribution in [2.45, 2.75) is 32.6 Å². The van der Waals surface area contributed by atoms with Gasteiger partial charge in [0.2, 0.25) is 0 Å². The molecule has 1 aliphatic heterocycles. The number of hydrogen-bond acceptors (Lipinski definition) is 5. The second-order valence-corrected chi connectivity index (χ2v) is 8.61. The van der Waals surface area contributed by atoms with Crippen molar-refractivity contribution in [1.82, 2.24) is 15.1 Å². The summed E-state index contributed by atoms with van der Waals surface area (Å²) in [5, 5.41) is 15.9. The Balaban J connectivity index is 0.00000341. The van der Waals surface area contributed by atoms with Gasteiger partial charge in [-0.3, -0.25) is 9.89 Å². The van der Waals surface area contributed by atoms with Gasteiger partial charge in [0.15, 0.2) is 5.96 Å². The van der Waals surface area contributed by atoms with Gasteiger partial charge in [0.1, 0.15) is 0 Å². The molecular weight excluding hydrogens is 523 g/mol. The molecule has 6 nitrogen and oxygen atoms in total. The van der Waals surface area contributed by atoms with E-state index in [9.17, 15) is 5.11 Å². The van der Waals surface area contributed by atoms with Crippen molar-refractivity contribution in [2.24, 2.45) is 4.99 Å². The molecule has 2 unspecified atom stereocenters. The Morgan fingerprint density at radius 2 is 1.90 bits per heavy atom. The summed E-state index contributed by atoms with van der Waals surface area (Å²) in [6.07, 6.45) is -0.667. The highest BCUT2D eigenvalue weighted by Gasteiger charge is 2.20. The first-order valence-electron chi connectivity index (χ1n) is 10.8. The number of benzene rings is 1. The van der Waals surface area contributed by atoms with E-state index in [1.165, 1.54) is 4.88 Å². The van der Waals surface area contributed by atoms with E-state index in [0.29, 0.717) is 6.54 Å². The maximum Gasteiger partial charge on any atom is 0.194 e. The molecule has 3 rings (SSSR count). The summed E-state index contributed by atoms with van der Waals surface area (Å²) in [6, 6.07) is 14.4. The van der Waals surface area contributed by atoms with Crippen LogP contribution < -0.4 is 5.32 Å². The van der Waals surface area contributed by atoms with Crippen LogP contribution in [0.3, 0.4) is 0 Å². The van der Waals surface area contributed by atoms with Gasteiger partial charge < -0.3 is 20.1 Å². The molecule has 2 atom stereocenters. The average Bonchev–Trinajstić information content (AvgIpc) is 3.29. The smallest absolute Gasteiger partial charge is 0.194 e. The molecule has 2 aromatic rings. The van der Waals surface area contributed by atoms with Crippen LogP contribution in [0.2, 0.25) is 0 Å². The fourth-order valence-corrected chi connectivity index (χ4v) is 4.23. The predicted molar refractivity (Wildman–Crippen MR) is 139 cm³/mol. The van der Waals surface area contributed by atoms with Crippen LogP contribution in [0.15, 0.2) is 52.8 Å². The number of hydrogen-bond donors (Lipinski definition) is 2. The Bertz CT molecular complexity index is 752. The fraction of sp³-hybridized carbons (Fsp3) is 0.522. The van der Waals surface area contributed by atoms with Crippen molar-refractivity contribution in [3.05, 3.63) is 58.3 Å². The molecule has 2 N–H and O–H groups in total. The van der Waals surface area contributed by atoms with Crippen molar-refractivity contribution < 1.29 is 9.84 Å². The fourth-order valence-electron chi connectivity index (χ4n) is 3.49. The topological polar surface area (TPSA) is 60.3 Å². The van der Waals surface area contributed by atoms with E-state index in [1.807, 2.05) is 48.6 Å². The molecule has 1 aliphatic rings. The van der Waals surface area contributed by atoms with Crippen LogP contribution in [-0.4, -0.2) is 72.8 Å². The molecule has 1 saturated heterocycles. The molecule has 1 aromatic heterocycles. The molecule has 31 heavy (non-hydrogen) atoms. The van der Waals surface area contributed by atoms with Gasteiger partial charge >= 0.3 is 0 Å². The molecule has 0 spiro atoms. The number of nitrogens with one attached hydrogen (secondary N) is 1. The highest BCUT2D eigenvalue weighted by atomic mass is 127. The first-order chi connectivity index (χ1) is 14.7. The van der Waals surface area contributed by atoms with E-state index in [1.54, 1.807) is 0 Å². The van der Waals surface area contributed by atoms with E-state index in [2.05, 4.69) is 44.5 Å². The predicted octanol–water partition coefficient (Wildman–Crippen LogP) is 3.59. The minimum Gasteiger partial charge on any atom is -0.389 e. The Labute approximate surface area is 207 Å². The lowest BCUT2D eigenvalue weighted by Crippen LogP contribution is -2.52. The SMILES string of the molecule is CCNC(=NCC(O)COC(C)c1ccccc1)N1CCN(Cc2cccs2)CC1.I. The zero-order valence-corrected chi connectivity index (χ0v) is 21.6. The molecule has 0 aliphatic carbocycles. The minimum atomic E-state index is -0.620. The monoisotopic (exact) mass is 558 g/mol. The lowest BCUT2D eigenvalue weighted by atomic mass is 10.1. The minimum absolute atomic E-state index is 0. The molecule has 1 aromatic carbocycles. The Hall–Kier alpha value is -1.20. The second-order valence-electron chi connectivity index (χ2n) is 7.58. The third-order valence-electron chi connectivity index (χ3n) is 5.23. The summed E-state index contributed by atoms with van der Waals surface area (Å²) < 4.78 is 5.83. The first-order valence-corrected chi connectivity index (χ1v) is 11.7. The molecule has 0 bridgehead atoms. The number of ether oxygens (including phenoxy) is 1. The number of rotatable bonds is 9. The van der Waals surface area contributed by atoms with Crippen LogP contribution in [0, 0.1) is 0 Å². The quantitative estimate of drug-likeness (QED) is 0.280. The largest absolute Gasteiger partial charge is 0.389 e. The van der Waals surface area contributed by atoms with Crippen LogP contribution in [0.5, 0.6) is 0 Å². The van der Waals surface area contributed by atoms with Gasteiger partial charge in [-0.2, -0.15) is 0 Å². The highest BCUT2D eigenvalue weighted by molar-refractivity contribution is 14.0. The van der Waals surface area contributed by atoms with E-state index in [-0.39, 0.29) is 36.7 Å². The summed E-state index contributed by atoms with van der Waals surface area (Å²) in [6.45, 7) is 10.4. The van der Waals surface area contributed by atoms with E-state index >= 15 is 0 Å². The van der Waals surface area contributed by atoms with E-state index in [4.69, 9.17) is 4.74 Å². The molecule has 8 heteroatoms. The van der Waals surface area contributed by atoms with Gasteiger partial charge in [-0.1, -0.05) is 36.4 Å². The molecule has 172 valence electrons. The summed E-state index contributed by atoms with van der Waals surface area (Å²) >= 11 is 1.82. The van der Waals surface area contributed by atoms with Crippen molar-refractivity contribution in [3.8, 4) is 0 Å². The normalized spacial score (nSPS) is 17.1. The lowest BCUT2D eigenvalue weighted by Gasteiger charge is -2.36. The van der Waals surface area contributed by atoms with Crippen molar-refractivity contribution in [2.75, 3.05) is 45.9 Å². The van der Waals surface area contributed by atoms with Crippen LogP contribution in [0.4, 0.5) is 0 Å². The molecule has 0 saturated carbocycles. The van der Waals surface area contributed by atoms with Gasteiger partial charge in [0.25, 0.3) is 0 Å². The number of thiophene rings is 1. The van der Waals surface area contributed by atoms with Crippen LogP contribution in [-0.2, 0) is 11.3 Å². The van der Waals surface area contributed by atoms with Gasteiger partial charge in [0, 0.05) is 44.1 Å². The zero-order valence-electron chi connectivity index (χ0n) is 18.4. The molecular formula is C23H35IN4O2S. The number of piperazine rings is 1. The van der Waals surface area contributed by atoms with Gasteiger partial charge in [-0.25, -0.2) is 0 Å². The van der Waals surface area contributed by atoms with Gasteiger partial charge in [-0.15, -0.1) is 35.3 Å². The van der Waals surface area contributed by atoms with Crippen LogP contribution >= 0.6 is 35.3 Å². The van der Waals surface area contributed by atoms with Crippen LogP contribution in [0.25, 0.3) is 0 Å². The van der Waals surface area contributed by atoms with Crippen molar-refractivity contribution in [3.63, 3.8) is 0 Å². The Morgan fingerprint density at radius 3 is 2.55 bits per heavy atom. The van der Waals surface area contributed by atoms with Gasteiger partial charge in [0.05, 0.1) is 25.4 Å². The zero-order chi connectivity index (χ0) is 21.2. The number of aliphatic imine (C=N–C) groups is 1. The summed E-state index contributed by atoms with van der Waals surface area (Å²) in [5.41, 5.74) is 1.11. The second kappa shape index (κ2) is 14.1. The van der Waals surface area contributed by atoms with Crippen molar-refractivity contribution >= 4 is 41.3 Å². The number of nitrogens with zero attached hydrogens (tertiary/aromatic N) is 3. The number of aliphatic hydroxyl groups is 1. The lowest BCUT2D eigenvalue weighted by molar-refractivity contribution is 0.00102. The molecule has 1 fully saturated rings. The van der Waals surface area contributed by atoms with E-state index < -0.39 is 6.10 Å². The van der Waals surface area contributed by atoms with Crippen molar-refractivity contribution in [1.29, 1.82) is 0 Å². The Kier molecular flexibility index (Phi) is 11.8. The first kappa shape index (κ1) is 26.1. The average molecular weight is 559 g/mol. The van der Waals surface area contributed by atoms with Gasteiger partial charge in [-0.05, 0) is 30.9 Å². The third kappa shape index (κ3) is 8.69. The molecule has 0 amide bonds. The van der Waals surface area contributed by atoms with Crippen LogP contribution in [0.1, 0.15) is 30.4 Å². The highest BCUT2D eigenvalue weighted by Crippen LogP contribution is 2.16. The maximum atomic E-state index is 10.4. The van der Waals surface area contributed by atoms with E-state index in [0.717, 1.165) is 50.8 Å². The third-order valence-corrected chi connectivity index (χ3v) is 6.09. The molecule has 0 radical (unpaired) electrons. The number of aliphatic hydroxyl groups excluding tert-OH is 1. The maximum absolute atomic E-state index is 10.4. The number of guanidine groups is 1. The number of halogens is 1.